The number of hydrogen-bond acceptors (Lipinski definition) is 6. The number of nitrogens with zero attached hydrogens (tertiary/aromatic N) is 4. The molecule has 4 aromatic rings. The number of benzene rings is 1. The molecule has 26 heavy (non-hydrogen) atoms. The van der Waals surface area contributed by atoms with Crippen molar-refractivity contribution in [3.8, 4) is 11.4 Å². The zero-order valence-electron chi connectivity index (χ0n) is 13.1. The lowest BCUT2D eigenvalue weighted by Crippen LogP contribution is -2.07. The summed E-state index contributed by atoms with van der Waals surface area (Å²) in [7, 11) is 0. The number of nitrogens with two attached hydrogens (primary N) is 1. The van der Waals surface area contributed by atoms with Crippen LogP contribution in [0.4, 0.5) is 19.0 Å². The number of H-pyrrole nitrogens is 1. The number of thiazole rings is 1. The first-order valence-electron chi connectivity index (χ1n) is 7.47. The number of imidazole rings is 1. The Hall–Kier alpha value is -3.01. The number of nitrogens with one attached hydrogen (secondary N) is 1. The SMILES string of the molecule is Nc1nc(Cc2cscn2)nc2nc(-c3ccccc3C(F)(F)F)[nH]c12. The van der Waals surface area contributed by atoms with Crippen molar-refractivity contribution in [2.24, 2.45) is 0 Å². The molecule has 0 saturated carbocycles. The van der Waals surface area contributed by atoms with Crippen molar-refractivity contribution in [3.63, 3.8) is 0 Å². The predicted molar refractivity (Wildman–Crippen MR) is 91.5 cm³/mol. The Morgan fingerprint density at radius 1 is 1.12 bits per heavy atom. The van der Waals surface area contributed by atoms with E-state index in [1.807, 2.05) is 5.38 Å². The highest BCUT2D eigenvalue weighted by atomic mass is 32.1. The fourth-order valence-electron chi connectivity index (χ4n) is 2.60. The van der Waals surface area contributed by atoms with Gasteiger partial charge in [-0.2, -0.15) is 13.2 Å². The minimum absolute atomic E-state index is 0.0414. The van der Waals surface area contributed by atoms with Crippen molar-refractivity contribution in [1.82, 2.24) is 24.9 Å². The van der Waals surface area contributed by atoms with Gasteiger partial charge in [0.1, 0.15) is 17.2 Å². The third-order valence-corrected chi connectivity index (χ3v) is 4.37. The van der Waals surface area contributed by atoms with E-state index in [2.05, 4.69) is 24.9 Å². The van der Waals surface area contributed by atoms with Crippen LogP contribution >= 0.6 is 11.3 Å². The van der Waals surface area contributed by atoms with Crippen LogP contribution in [0, 0.1) is 0 Å². The number of aromatic nitrogens is 5. The van der Waals surface area contributed by atoms with Crippen LogP contribution in [-0.2, 0) is 12.6 Å². The van der Waals surface area contributed by atoms with Crippen molar-refractivity contribution in [2.75, 3.05) is 5.73 Å². The number of rotatable bonds is 3. The van der Waals surface area contributed by atoms with E-state index in [0.717, 1.165) is 11.8 Å². The second kappa shape index (κ2) is 6.06. The normalized spacial score (nSPS) is 12.0. The summed E-state index contributed by atoms with van der Waals surface area (Å²) >= 11 is 1.45. The number of aromatic amines is 1. The highest BCUT2D eigenvalue weighted by molar-refractivity contribution is 7.07. The van der Waals surface area contributed by atoms with Gasteiger partial charge < -0.3 is 10.7 Å². The maximum absolute atomic E-state index is 13.2. The summed E-state index contributed by atoms with van der Waals surface area (Å²) < 4.78 is 39.7. The molecule has 3 N–H and O–H groups in total. The van der Waals surface area contributed by atoms with Crippen LogP contribution in [-0.4, -0.2) is 24.9 Å². The summed E-state index contributed by atoms with van der Waals surface area (Å²) in [6, 6.07) is 5.20. The topological polar surface area (TPSA) is 93.4 Å². The fourth-order valence-corrected chi connectivity index (χ4v) is 3.15. The molecule has 10 heteroatoms. The zero-order chi connectivity index (χ0) is 18.3. The van der Waals surface area contributed by atoms with Crippen LogP contribution in [0.15, 0.2) is 35.2 Å². The quantitative estimate of drug-likeness (QED) is 0.569. The summed E-state index contributed by atoms with van der Waals surface area (Å²) in [4.78, 5) is 19.7. The Morgan fingerprint density at radius 3 is 2.65 bits per heavy atom. The molecule has 0 spiro atoms. The predicted octanol–water partition coefficient (Wildman–Crippen LogP) is 3.67. The molecule has 6 nitrogen and oxygen atoms in total. The van der Waals surface area contributed by atoms with E-state index in [0.29, 0.717) is 17.8 Å². The summed E-state index contributed by atoms with van der Waals surface area (Å²) in [6.07, 6.45) is -4.13. The molecular weight excluding hydrogens is 365 g/mol. The fraction of sp³-hybridized carbons (Fsp3) is 0.125. The Kier molecular flexibility index (Phi) is 3.83. The molecule has 0 bridgehead atoms. The molecule has 1 aromatic carbocycles. The van der Waals surface area contributed by atoms with Crippen molar-refractivity contribution < 1.29 is 13.2 Å². The smallest absolute Gasteiger partial charge is 0.382 e. The standard InChI is InChI=1S/C16H11F3N6S/c17-16(18,19)10-4-2-1-3-9(10)14-24-12-13(20)22-11(23-15(12)25-14)5-8-6-26-7-21-8/h1-4,6-7H,5H2,(H3,20,22,23,24,25). The van der Waals surface area contributed by atoms with E-state index < -0.39 is 11.7 Å². The largest absolute Gasteiger partial charge is 0.417 e. The van der Waals surface area contributed by atoms with E-state index in [1.165, 1.54) is 29.5 Å². The van der Waals surface area contributed by atoms with Crippen molar-refractivity contribution >= 4 is 28.3 Å². The Bertz CT molecular complexity index is 1070. The number of nitrogen functional groups attached to an aromatic ring is 1. The van der Waals surface area contributed by atoms with E-state index in [9.17, 15) is 13.2 Å². The molecule has 0 aliphatic heterocycles. The van der Waals surface area contributed by atoms with Crippen LogP contribution in [0.3, 0.4) is 0 Å². The average molecular weight is 376 g/mol. The molecule has 4 rings (SSSR count). The van der Waals surface area contributed by atoms with Crippen LogP contribution in [0.1, 0.15) is 17.1 Å². The number of halogens is 3. The first-order valence-corrected chi connectivity index (χ1v) is 8.42. The zero-order valence-corrected chi connectivity index (χ0v) is 13.9. The lowest BCUT2D eigenvalue weighted by atomic mass is 10.1. The van der Waals surface area contributed by atoms with Crippen molar-refractivity contribution in [2.45, 2.75) is 12.6 Å². The van der Waals surface area contributed by atoms with Gasteiger partial charge in [0.2, 0.25) is 0 Å². The van der Waals surface area contributed by atoms with Gasteiger partial charge in [-0.25, -0.2) is 19.9 Å². The molecule has 0 saturated heterocycles. The molecule has 0 fully saturated rings. The van der Waals surface area contributed by atoms with Gasteiger partial charge in [-0.15, -0.1) is 11.3 Å². The Labute approximate surface area is 149 Å². The van der Waals surface area contributed by atoms with Crippen molar-refractivity contribution in [3.05, 3.63) is 52.2 Å². The average Bonchev–Trinajstić information content (AvgIpc) is 3.24. The molecule has 3 aromatic heterocycles. The second-order valence-electron chi connectivity index (χ2n) is 5.51. The summed E-state index contributed by atoms with van der Waals surface area (Å²) in [5, 5.41) is 1.86. The van der Waals surface area contributed by atoms with E-state index >= 15 is 0 Å². The second-order valence-corrected chi connectivity index (χ2v) is 6.23. The molecule has 0 unspecified atom stereocenters. The van der Waals surface area contributed by atoms with Gasteiger partial charge in [0.25, 0.3) is 0 Å². The third kappa shape index (κ3) is 2.99. The third-order valence-electron chi connectivity index (χ3n) is 3.74. The minimum Gasteiger partial charge on any atom is -0.382 e. The Balaban J connectivity index is 1.81. The highest BCUT2D eigenvalue weighted by Crippen LogP contribution is 2.36. The van der Waals surface area contributed by atoms with Gasteiger partial charge in [0.05, 0.1) is 23.2 Å². The monoisotopic (exact) mass is 376 g/mol. The molecule has 0 amide bonds. The summed E-state index contributed by atoms with van der Waals surface area (Å²) in [5.41, 5.74) is 8.08. The van der Waals surface area contributed by atoms with Crippen LogP contribution in [0.2, 0.25) is 0 Å². The van der Waals surface area contributed by atoms with Gasteiger partial charge in [-0.3, -0.25) is 0 Å². The molecule has 3 heterocycles. The van der Waals surface area contributed by atoms with E-state index in [4.69, 9.17) is 5.73 Å². The van der Waals surface area contributed by atoms with Gasteiger partial charge in [0.15, 0.2) is 11.5 Å². The minimum atomic E-state index is -4.50. The van der Waals surface area contributed by atoms with Gasteiger partial charge in [-0.05, 0) is 6.07 Å². The van der Waals surface area contributed by atoms with Crippen LogP contribution in [0.5, 0.6) is 0 Å². The molecular formula is C16H11F3N6S. The summed E-state index contributed by atoms with van der Waals surface area (Å²) in [5.74, 6) is 0.575. The van der Waals surface area contributed by atoms with Gasteiger partial charge in [-0.1, -0.05) is 18.2 Å². The Morgan fingerprint density at radius 2 is 1.92 bits per heavy atom. The van der Waals surface area contributed by atoms with E-state index in [-0.39, 0.29) is 22.9 Å². The number of hydrogen-bond donors (Lipinski definition) is 2. The molecule has 132 valence electrons. The first kappa shape index (κ1) is 16.5. The first-order chi connectivity index (χ1) is 12.4. The molecule has 0 aliphatic rings. The molecule has 0 radical (unpaired) electrons. The van der Waals surface area contributed by atoms with Gasteiger partial charge >= 0.3 is 6.18 Å². The number of anilines is 1. The lowest BCUT2D eigenvalue weighted by Gasteiger charge is -2.10. The maximum Gasteiger partial charge on any atom is 0.417 e. The molecule has 0 aliphatic carbocycles. The molecule has 0 atom stereocenters. The number of fused-ring (bicyclic) bond motifs is 1. The lowest BCUT2D eigenvalue weighted by molar-refractivity contribution is -0.137. The van der Waals surface area contributed by atoms with E-state index in [1.54, 1.807) is 5.51 Å². The van der Waals surface area contributed by atoms with Crippen LogP contribution in [0.25, 0.3) is 22.6 Å². The number of alkyl halides is 3. The van der Waals surface area contributed by atoms with Crippen molar-refractivity contribution in [1.29, 1.82) is 0 Å². The van der Waals surface area contributed by atoms with Crippen LogP contribution < -0.4 is 5.73 Å². The summed E-state index contributed by atoms with van der Waals surface area (Å²) in [6.45, 7) is 0. The highest BCUT2D eigenvalue weighted by Gasteiger charge is 2.34. The van der Waals surface area contributed by atoms with Gasteiger partial charge in [0, 0.05) is 10.9 Å². The maximum atomic E-state index is 13.2.